The predicted molar refractivity (Wildman–Crippen MR) is 143 cm³/mol. The number of hydrogen-bond donors (Lipinski definition) is 2. The molecule has 8 heteroatoms. The normalized spacial score (nSPS) is 14.3. The highest BCUT2D eigenvalue weighted by atomic mass is 19.1. The summed E-state index contributed by atoms with van der Waals surface area (Å²) in [7, 11) is 1.93. The van der Waals surface area contributed by atoms with Crippen molar-refractivity contribution in [2.24, 2.45) is 13.0 Å². The van der Waals surface area contributed by atoms with Crippen LogP contribution in [0.15, 0.2) is 54.7 Å². The van der Waals surface area contributed by atoms with Crippen molar-refractivity contribution in [2.75, 3.05) is 18.4 Å². The molecular weight excluding hydrogens is 469 g/mol. The highest BCUT2D eigenvalue weighted by molar-refractivity contribution is 5.83. The average molecular weight is 502 g/mol. The van der Waals surface area contributed by atoms with Gasteiger partial charge in [-0.2, -0.15) is 0 Å². The van der Waals surface area contributed by atoms with E-state index in [0.29, 0.717) is 35.1 Å². The summed E-state index contributed by atoms with van der Waals surface area (Å²) in [6, 6.07) is 14.4. The second-order valence-electron chi connectivity index (χ2n) is 9.91. The number of imidazole rings is 1. The number of ether oxygens (including phenoxy) is 1. The minimum Gasteiger partial charge on any atom is -0.457 e. The highest BCUT2D eigenvalue weighted by Crippen LogP contribution is 2.29. The molecule has 1 fully saturated rings. The third-order valence-electron chi connectivity index (χ3n) is 6.90. The van der Waals surface area contributed by atoms with Crippen molar-refractivity contribution in [2.45, 2.75) is 39.0 Å². The number of pyridine rings is 1. The number of anilines is 2. The number of aromatic nitrogens is 3. The van der Waals surface area contributed by atoms with Crippen LogP contribution in [0.1, 0.15) is 43.9 Å². The number of fused-ring (bicyclic) bond motifs is 1. The summed E-state index contributed by atoms with van der Waals surface area (Å²) in [5.74, 6) is 2.14. The molecule has 0 atom stereocenters. The maximum atomic E-state index is 14.1. The zero-order valence-electron chi connectivity index (χ0n) is 21.4. The molecule has 0 saturated carbocycles. The number of nitrogens with zero attached hydrogens (tertiary/aromatic N) is 3. The average Bonchev–Trinajstić information content (AvgIpc) is 3.20. The van der Waals surface area contributed by atoms with Crippen molar-refractivity contribution >= 4 is 28.5 Å². The van der Waals surface area contributed by atoms with E-state index in [-0.39, 0.29) is 23.4 Å². The molecule has 4 aromatic rings. The third kappa shape index (κ3) is 5.64. The molecule has 37 heavy (non-hydrogen) atoms. The summed E-state index contributed by atoms with van der Waals surface area (Å²) in [5.41, 5.74) is 3.86. The van der Waals surface area contributed by atoms with Crippen molar-refractivity contribution in [1.82, 2.24) is 19.9 Å². The maximum Gasteiger partial charge on any atom is 0.208 e. The van der Waals surface area contributed by atoms with Gasteiger partial charge in [-0.25, -0.2) is 9.37 Å². The van der Waals surface area contributed by atoms with E-state index >= 15 is 0 Å². The molecule has 3 heterocycles. The van der Waals surface area contributed by atoms with E-state index in [2.05, 4.69) is 15.6 Å². The predicted octanol–water partition coefficient (Wildman–Crippen LogP) is 5.88. The fourth-order valence-corrected chi connectivity index (χ4v) is 4.77. The Bertz CT molecular complexity index is 1430. The number of halogens is 1. The second kappa shape index (κ2) is 10.7. The van der Waals surface area contributed by atoms with Gasteiger partial charge < -0.3 is 19.9 Å². The minimum absolute atomic E-state index is 0.0817. The van der Waals surface area contributed by atoms with E-state index in [1.165, 1.54) is 6.07 Å². The van der Waals surface area contributed by atoms with Crippen LogP contribution >= 0.6 is 0 Å². The highest BCUT2D eigenvalue weighted by Gasteiger charge is 2.21. The van der Waals surface area contributed by atoms with E-state index in [0.717, 1.165) is 42.7 Å². The first-order valence-corrected chi connectivity index (χ1v) is 12.8. The van der Waals surface area contributed by atoms with Gasteiger partial charge in [0.2, 0.25) is 5.95 Å². The molecule has 0 aliphatic carbocycles. The van der Waals surface area contributed by atoms with Crippen LogP contribution in [0.3, 0.4) is 0 Å². The van der Waals surface area contributed by atoms with Crippen LogP contribution in [0.5, 0.6) is 11.5 Å². The Kier molecular flexibility index (Phi) is 7.19. The van der Waals surface area contributed by atoms with Gasteiger partial charge in [0.05, 0.1) is 16.7 Å². The standard InChI is InChI=1S/C29H32FN5O2/c1-18(2)24-15-20(4-6-25(24)30)33-29-34-26-17-22(5-7-27(26)35(29)3)37-23-10-13-32-21(14-23)16-28(36)19-8-11-31-12-9-19/h4-7,10,13-15,17-19,31H,8-9,11-12,16H2,1-3H3,(H,33,34). The Labute approximate surface area is 216 Å². The SMILES string of the molecule is CC(C)c1cc(Nc2nc3cc(Oc4ccnc(CC(=O)C5CCNCC5)c4)ccc3n2C)ccc1F. The van der Waals surface area contributed by atoms with Crippen LogP contribution in [0.4, 0.5) is 16.0 Å². The second-order valence-corrected chi connectivity index (χ2v) is 9.91. The zero-order chi connectivity index (χ0) is 25.9. The van der Waals surface area contributed by atoms with Crippen LogP contribution in [0.2, 0.25) is 0 Å². The zero-order valence-corrected chi connectivity index (χ0v) is 21.4. The van der Waals surface area contributed by atoms with Crippen molar-refractivity contribution < 1.29 is 13.9 Å². The largest absolute Gasteiger partial charge is 0.457 e. The Morgan fingerprint density at radius 3 is 2.70 bits per heavy atom. The molecule has 2 aromatic carbocycles. The molecule has 0 unspecified atom stereocenters. The Morgan fingerprint density at radius 1 is 1.14 bits per heavy atom. The lowest BCUT2D eigenvalue weighted by molar-refractivity contribution is -0.123. The Morgan fingerprint density at radius 2 is 1.92 bits per heavy atom. The Hall–Kier alpha value is -3.78. The molecule has 1 saturated heterocycles. The van der Waals surface area contributed by atoms with Gasteiger partial charge in [-0.05, 0) is 73.8 Å². The number of Topliss-reactive ketones (excluding diaryl/α,β-unsaturated/α-hetero) is 1. The molecule has 7 nitrogen and oxygen atoms in total. The van der Waals surface area contributed by atoms with E-state index in [1.54, 1.807) is 18.3 Å². The van der Waals surface area contributed by atoms with Crippen molar-refractivity contribution in [1.29, 1.82) is 0 Å². The first-order chi connectivity index (χ1) is 17.9. The van der Waals surface area contributed by atoms with Gasteiger partial charge in [0, 0.05) is 43.4 Å². The Balaban J connectivity index is 1.31. The molecule has 1 aliphatic heterocycles. The number of aryl methyl sites for hydroxylation is 1. The summed E-state index contributed by atoms with van der Waals surface area (Å²) in [6.07, 6.45) is 3.76. The number of piperidine rings is 1. The summed E-state index contributed by atoms with van der Waals surface area (Å²) in [5, 5.41) is 6.60. The van der Waals surface area contributed by atoms with Crippen LogP contribution in [-0.4, -0.2) is 33.4 Å². The molecule has 0 spiro atoms. The van der Waals surface area contributed by atoms with Crippen LogP contribution in [0.25, 0.3) is 11.0 Å². The molecule has 5 rings (SSSR count). The van der Waals surface area contributed by atoms with Gasteiger partial charge in [0.15, 0.2) is 0 Å². The number of carbonyl (C=O) groups is 1. The third-order valence-corrected chi connectivity index (χ3v) is 6.90. The summed E-state index contributed by atoms with van der Waals surface area (Å²) in [6.45, 7) is 5.72. The fourth-order valence-electron chi connectivity index (χ4n) is 4.77. The minimum atomic E-state index is -0.206. The number of carbonyl (C=O) groups excluding carboxylic acids is 1. The molecule has 2 aromatic heterocycles. The lowest BCUT2D eigenvalue weighted by Crippen LogP contribution is -2.32. The molecule has 192 valence electrons. The van der Waals surface area contributed by atoms with Gasteiger partial charge in [-0.15, -0.1) is 0 Å². The first kappa shape index (κ1) is 24.9. The van der Waals surface area contributed by atoms with E-state index in [1.807, 2.05) is 55.8 Å². The number of nitrogens with one attached hydrogen (secondary N) is 2. The van der Waals surface area contributed by atoms with Crippen LogP contribution < -0.4 is 15.4 Å². The van der Waals surface area contributed by atoms with Gasteiger partial charge >= 0.3 is 0 Å². The molecular formula is C29H32FN5O2. The number of rotatable bonds is 8. The van der Waals surface area contributed by atoms with Crippen molar-refractivity contribution in [3.05, 3.63) is 71.8 Å². The monoisotopic (exact) mass is 501 g/mol. The molecule has 0 radical (unpaired) electrons. The summed E-state index contributed by atoms with van der Waals surface area (Å²) in [4.78, 5) is 21.8. The lowest BCUT2D eigenvalue weighted by atomic mass is 9.91. The van der Waals surface area contributed by atoms with Gasteiger partial charge in [0.25, 0.3) is 0 Å². The van der Waals surface area contributed by atoms with Crippen LogP contribution in [0, 0.1) is 11.7 Å². The van der Waals surface area contributed by atoms with Crippen LogP contribution in [-0.2, 0) is 18.3 Å². The van der Waals surface area contributed by atoms with E-state index in [4.69, 9.17) is 9.72 Å². The van der Waals surface area contributed by atoms with Gasteiger partial charge in [-0.1, -0.05) is 13.8 Å². The quantitative estimate of drug-likeness (QED) is 0.314. The van der Waals surface area contributed by atoms with E-state index < -0.39 is 0 Å². The first-order valence-electron chi connectivity index (χ1n) is 12.8. The van der Waals surface area contributed by atoms with Gasteiger partial charge in [0.1, 0.15) is 23.1 Å². The molecule has 0 amide bonds. The number of hydrogen-bond acceptors (Lipinski definition) is 6. The van der Waals surface area contributed by atoms with E-state index in [9.17, 15) is 9.18 Å². The maximum absolute atomic E-state index is 14.1. The van der Waals surface area contributed by atoms with Crippen molar-refractivity contribution in [3.8, 4) is 11.5 Å². The fraction of sp³-hybridized carbons (Fsp3) is 0.345. The van der Waals surface area contributed by atoms with Crippen molar-refractivity contribution in [3.63, 3.8) is 0 Å². The summed E-state index contributed by atoms with van der Waals surface area (Å²) >= 11 is 0. The number of benzene rings is 2. The molecule has 1 aliphatic rings. The topological polar surface area (TPSA) is 81.1 Å². The number of ketones is 1. The smallest absolute Gasteiger partial charge is 0.208 e. The lowest BCUT2D eigenvalue weighted by Gasteiger charge is -2.21. The molecule has 2 N–H and O–H groups in total. The summed E-state index contributed by atoms with van der Waals surface area (Å²) < 4.78 is 22.2. The molecule has 0 bridgehead atoms. The van der Waals surface area contributed by atoms with Gasteiger partial charge in [-0.3, -0.25) is 9.78 Å².